The van der Waals surface area contributed by atoms with Crippen molar-refractivity contribution in [2.75, 3.05) is 43.4 Å². The molecule has 1 aromatic carbocycles. The maximum atomic E-state index is 15.0. The van der Waals surface area contributed by atoms with Crippen molar-refractivity contribution < 1.29 is 4.39 Å². The molecule has 2 aliphatic heterocycles. The second-order valence-electron chi connectivity index (χ2n) is 6.68. The van der Waals surface area contributed by atoms with Crippen LogP contribution >= 0.6 is 34.5 Å². The Hall–Kier alpha value is -1.13. The highest BCUT2D eigenvalue weighted by molar-refractivity contribution is 14.1. The summed E-state index contributed by atoms with van der Waals surface area (Å²) in [5.41, 5.74) is 0.794. The van der Waals surface area contributed by atoms with Gasteiger partial charge in [0.05, 0.1) is 39.0 Å². The molecule has 1 saturated heterocycles. The van der Waals surface area contributed by atoms with E-state index >= 15 is 4.39 Å². The number of benzene rings is 1. The van der Waals surface area contributed by atoms with E-state index in [1.165, 1.54) is 2.78 Å². The predicted octanol–water partition coefficient (Wildman–Crippen LogP) is 2.63. The lowest BCUT2D eigenvalue weighted by Gasteiger charge is -2.42. The SMILES string of the molecule is Cc1c(Cl)c2c3c(nc(=O)n(I)c3c1F)N1CCN(C)CC1CCN2. The Labute approximate surface area is 163 Å². The van der Waals surface area contributed by atoms with Crippen LogP contribution < -0.4 is 15.9 Å². The summed E-state index contributed by atoms with van der Waals surface area (Å²) in [6.45, 7) is 4.87. The van der Waals surface area contributed by atoms with Crippen LogP contribution in [0.2, 0.25) is 5.02 Å². The van der Waals surface area contributed by atoms with Gasteiger partial charge in [-0.2, -0.15) is 4.98 Å². The lowest BCUT2D eigenvalue weighted by atomic mass is 10.0. The minimum Gasteiger partial charge on any atom is -0.383 e. The van der Waals surface area contributed by atoms with Gasteiger partial charge in [-0.25, -0.2) is 12.0 Å². The number of aromatic nitrogens is 2. The molecule has 2 aromatic rings. The van der Waals surface area contributed by atoms with Crippen LogP contribution in [0.15, 0.2) is 4.79 Å². The van der Waals surface area contributed by atoms with E-state index < -0.39 is 11.5 Å². The average molecular weight is 478 g/mol. The molecule has 1 fully saturated rings. The summed E-state index contributed by atoms with van der Waals surface area (Å²) in [7, 11) is 2.09. The third-order valence-corrected chi connectivity index (χ3v) is 6.47. The van der Waals surface area contributed by atoms with Crippen molar-refractivity contribution in [3.8, 4) is 0 Å². The first-order valence-corrected chi connectivity index (χ1v) is 9.54. The average Bonchev–Trinajstić information content (AvgIpc) is 2.57. The van der Waals surface area contributed by atoms with E-state index in [0.29, 0.717) is 27.5 Å². The van der Waals surface area contributed by atoms with Crippen LogP contribution in [0.5, 0.6) is 0 Å². The zero-order chi connectivity index (χ0) is 17.9. The minimum atomic E-state index is -0.466. The van der Waals surface area contributed by atoms with Gasteiger partial charge in [-0.05, 0) is 20.4 Å². The second kappa shape index (κ2) is 6.24. The molecule has 134 valence electrons. The van der Waals surface area contributed by atoms with Crippen molar-refractivity contribution in [2.24, 2.45) is 0 Å². The van der Waals surface area contributed by atoms with Gasteiger partial charge in [-0.15, -0.1) is 0 Å². The van der Waals surface area contributed by atoms with Crippen LogP contribution in [0.4, 0.5) is 15.9 Å². The van der Waals surface area contributed by atoms with Crippen molar-refractivity contribution in [2.45, 2.75) is 19.4 Å². The third-order valence-electron chi connectivity index (χ3n) is 5.10. The molecule has 2 aliphatic rings. The Morgan fingerprint density at radius 1 is 1.40 bits per heavy atom. The number of fused-ring (bicyclic) bond motifs is 2. The van der Waals surface area contributed by atoms with Crippen LogP contribution in [0.3, 0.4) is 0 Å². The number of likely N-dealkylation sites (N-methyl/N-ethyl adjacent to an activating group) is 1. The second-order valence-corrected chi connectivity index (χ2v) is 8.02. The quantitative estimate of drug-likeness (QED) is 0.591. The fourth-order valence-electron chi connectivity index (χ4n) is 3.76. The van der Waals surface area contributed by atoms with Gasteiger partial charge in [0.15, 0.2) is 5.82 Å². The molecule has 1 atom stereocenters. The summed E-state index contributed by atoms with van der Waals surface area (Å²) < 4.78 is 16.3. The monoisotopic (exact) mass is 477 g/mol. The molecule has 25 heavy (non-hydrogen) atoms. The fourth-order valence-corrected chi connectivity index (χ4v) is 4.57. The molecule has 1 unspecified atom stereocenters. The van der Waals surface area contributed by atoms with Crippen LogP contribution in [0.25, 0.3) is 10.9 Å². The largest absolute Gasteiger partial charge is 0.383 e. The number of nitrogens with one attached hydrogen (secondary N) is 1. The zero-order valence-corrected chi connectivity index (χ0v) is 16.9. The molecule has 0 radical (unpaired) electrons. The number of anilines is 2. The normalized spacial score (nSPS) is 20.8. The minimum absolute atomic E-state index is 0.225. The summed E-state index contributed by atoms with van der Waals surface area (Å²) in [5.74, 6) is 0.0703. The molecule has 4 rings (SSSR count). The first-order valence-electron chi connectivity index (χ1n) is 8.19. The number of hydrogen-bond acceptors (Lipinski definition) is 5. The Balaban J connectivity index is 2.10. The molecule has 0 bridgehead atoms. The van der Waals surface area contributed by atoms with Crippen molar-refractivity contribution >= 4 is 56.9 Å². The highest BCUT2D eigenvalue weighted by Crippen LogP contribution is 2.42. The van der Waals surface area contributed by atoms with Gasteiger partial charge in [-0.1, -0.05) is 11.6 Å². The summed E-state index contributed by atoms with van der Waals surface area (Å²) in [6.07, 6.45) is 0.896. The number of halogens is 3. The van der Waals surface area contributed by atoms with Crippen LogP contribution in [0.1, 0.15) is 12.0 Å². The highest BCUT2D eigenvalue weighted by Gasteiger charge is 2.32. The summed E-state index contributed by atoms with van der Waals surface area (Å²) in [6, 6.07) is 0.225. The van der Waals surface area contributed by atoms with Gasteiger partial charge in [0.1, 0.15) is 11.3 Å². The molecule has 3 heterocycles. The van der Waals surface area contributed by atoms with Crippen molar-refractivity contribution in [3.05, 3.63) is 26.9 Å². The fraction of sp³-hybridized carbons (Fsp3) is 0.500. The van der Waals surface area contributed by atoms with Crippen LogP contribution in [-0.2, 0) is 0 Å². The molecular formula is C16H18ClFIN5O. The Bertz CT molecular complexity index is 933. The van der Waals surface area contributed by atoms with Crippen LogP contribution in [0, 0.1) is 12.7 Å². The summed E-state index contributed by atoms with van der Waals surface area (Å²) in [4.78, 5) is 21.1. The van der Waals surface area contributed by atoms with Gasteiger partial charge in [0.2, 0.25) is 0 Å². The van der Waals surface area contributed by atoms with Crippen LogP contribution in [-0.4, -0.2) is 51.9 Å². The molecule has 0 saturated carbocycles. The molecule has 0 spiro atoms. The molecule has 0 amide bonds. The Morgan fingerprint density at radius 2 is 2.16 bits per heavy atom. The highest BCUT2D eigenvalue weighted by atomic mass is 127. The van der Waals surface area contributed by atoms with E-state index in [-0.39, 0.29) is 11.6 Å². The van der Waals surface area contributed by atoms with Gasteiger partial charge < -0.3 is 15.1 Å². The summed E-state index contributed by atoms with van der Waals surface area (Å²) >= 11 is 8.26. The van der Waals surface area contributed by atoms with E-state index in [1.807, 2.05) is 22.9 Å². The van der Waals surface area contributed by atoms with E-state index in [4.69, 9.17) is 11.6 Å². The molecule has 0 aliphatic carbocycles. The van der Waals surface area contributed by atoms with Crippen molar-refractivity contribution in [3.63, 3.8) is 0 Å². The number of piperazine rings is 1. The maximum Gasteiger partial charge on any atom is 0.359 e. The van der Waals surface area contributed by atoms with E-state index in [1.54, 1.807) is 6.92 Å². The number of hydrogen-bond donors (Lipinski definition) is 1. The molecule has 6 nitrogen and oxygen atoms in total. The van der Waals surface area contributed by atoms with E-state index in [2.05, 4.69) is 27.1 Å². The van der Waals surface area contributed by atoms with E-state index in [9.17, 15) is 4.79 Å². The molecular weight excluding hydrogens is 460 g/mol. The zero-order valence-electron chi connectivity index (χ0n) is 13.9. The first-order chi connectivity index (χ1) is 11.9. The number of rotatable bonds is 0. The van der Waals surface area contributed by atoms with Crippen molar-refractivity contribution in [1.29, 1.82) is 0 Å². The smallest absolute Gasteiger partial charge is 0.359 e. The number of nitrogens with zero attached hydrogens (tertiary/aromatic N) is 4. The lowest BCUT2D eigenvalue weighted by Crippen LogP contribution is -2.53. The predicted molar refractivity (Wildman–Crippen MR) is 107 cm³/mol. The van der Waals surface area contributed by atoms with E-state index in [0.717, 1.165) is 32.6 Å². The van der Waals surface area contributed by atoms with Gasteiger partial charge in [0.25, 0.3) is 0 Å². The molecule has 9 heteroatoms. The standard InChI is InChI=1S/C16H18ClFIN5O/c1-8-11(17)13-10-14(12(8)18)24(19)16(25)21-15(10)23-6-5-22(2)7-9(23)3-4-20-13/h9,20H,3-7H2,1-2H3. The van der Waals surface area contributed by atoms with Crippen molar-refractivity contribution in [1.82, 2.24) is 12.7 Å². The first kappa shape index (κ1) is 17.3. The molecule has 1 aromatic heterocycles. The molecule has 1 N–H and O–H groups in total. The lowest BCUT2D eigenvalue weighted by molar-refractivity contribution is 0.261. The Morgan fingerprint density at radius 3 is 2.92 bits per heavy atom. The van der Waals surface area contributed by atoms with Gasteiger partial charge in [-0.3, -0.25) is 0 Å². The van der Waals surface area contributed by atoms with Gasteiger partial charge >= 0.3 is 5.69 Å². The Kier molecular flexibility index (Phi) is 4.32. The topological polar surface area (TPSA) is 53.4 Å². The summed E-state index contributed by atoms with van der Waals surface area (Å²) in [5, 5.41) is 4.31. The maximum absolute atomic E-state index is 15.0. The third kappa shape index (κ3) is 2.60. The van der Waals surface area contributed by atoms with Gasteiger partial charge in [0, 0.05) is 37.8 Å².